The lowest BCUT2D eigenvalue weighted by atomic mass is 10.1. The van der Waals surface area contributed by atoms with Gasteiger partial charge in [-0.25, -0.2) is 4.98 Å². The first kappa shape index (κ1) is 23.7. The van der Waals surface area contributed by atoms with Gasteiger partial charge in [0, 0.05) is 10.9 Å². The van der Waals surface area contributed by atoms with Crippen LogP contribution in [-0.2, 0) is 9.59 Å². The van der Waals surface area contributed by atoms with Crippen molar-refractivity contribution in [1.29, 1.82) is 0 Å². The van der Waals surface area contributed by atoms with Crippen molar-refractivity contribution in [3.63, 3.8) is 0 Å². The van der Waals surface area contributed by atoms with Crippen LogP contribution in [0.4, 0.5) is 13.9 Å². The van der Waals surface area contributed by atoms with Gasteiger partial charge in [0.25, 0.3) is 0 Å². The Morgan fingerprint density at radius 3 is 2.61 bits per heavy atom. The van der Waals surface area contributed by atoms with Gasteiger partial charge in [-0.3, -0.25) is 9.59 Å². The summed E-state index contributed by atoms with van der Waals surface area (Å²) in [7, 11) is 0. The molecule has 154 valence electrons. The number of ether oxygens (including phenoxy) is 1. The molecular formula is C17H21ClF2N4O3S. The van der Waals surface area contributed by atoms with E-state index in [0.717, 1.165) is 11.3 Å². The molecule has 0 saturated heterocycles. The maximum Gasteiger partial charge on any atom is 0.387 e. The number of nitrogens with zero attached hydrogens (tertiary/aromatic N) is 1. The number of benzene rings is 1. The second-order valence-electron chi connectivity index (χ2n) is 5.95. The van der Waals surface area contributed by atoms with Crippen LogP contribution >= 0.6 is 23.7 Å². The summed E-state index contributed by atoms with van der Waals surface area (Å²) in [4.78, 5) is 27.9. The van der Waals surface area contributed by atoms with Gasteiger partial charge in [0.05, 0.1) is 18.3 Å². The third-order valence-electron chi connectivity index (χ3n) is 3.57. The molecule has 1 heterocycles. The Kier molecular flexibility index (Phi) is 9.23. The standard InChI is InChI=1S/C17H20F2N4O3S.ClH/c1-9(2)14(20)15(25)21-7-13(24)23-17-22-11(8-27-17)10-5-3-4-6-12(10)26-16(18)19;/h3-6,8-9,14,16H,7,20H2,1-2H3,(H,21,25)(H,22,23,24);1H/t14-;/m0./s1. The number of nitrogens with two attached hydrogens (primary N) is 1. The minimum absolute atomic E-state index is 0. The number of alkyl halides is 2. The van der Waals surface area contributed by atoms with Crippen LogP contribution in [-0.4, -0.2) is 36.0 Å². The average molecular weight is 435 g/mol. The molecule has 0 unspecified atom stereocenters. The van der Waals surface area contributed by atoms with Crippen molar-refractivity contribution in [2.75, 3.05) is 11.9 Å². The average Bonchev–Trinajstić information content (AvgIpc) is 3.07. The summed E-state index contributed by atoms with van der Waals surface area (Å²) in [6.45, 7) is 0.401. The molecule has 0 saturated carbocycles. The fourth-order valence-corrected chi connectivity index (χ4v) is 2.81. The van der Waals surface area contributed by atoms with E-state index in [4.69, 9.17) is 5.73 Å². The van der Waals surface area contributed by atoms with E-state index in [-0.39, 0.29) is 35.8 Å². The number of anilines is 1. The lowest BCUT2D eigenvalue weighted by Crippen LogP contribution is -2.46. The number of rotatable bonds is 8. The van der Waals surface area contributed by atoms with E-state index in [9.17, 15) is 18.4 Å². The predicted octanol–water partition coefficient (Wildman–Crippen LogP) is 2.87. The number of thiazole rings is 1. The zero-order valence-electron chi connectivity index (χ0n) is 15.1. The second kappa shape index (κ2) is 10.9. The number of hydrogen-bond donors (Lipinski definition) is 3. The van der Waals surface area contributed by atoms with E-state index >= 15 is 0 Å². The molecule has 0 spiro atoms. The summed E-state index contributed by atoms with van der Waals surface area (Å²) in [6.07, 6.45) is 0. The molecule has 0 fully saturated rings. The van der Waals surface area contributed by atoms with Crippen LogP contribution < -0.4 is 21.1 Å². The third-order valence-corrected chi connectivity index (χ3v) is 4.33. The zero-order valence-corrected chi connectivity index (χ0v) is 16.8. The molecule has 4 N–H and O–H groups in total. The maximum absolute atomic E-state index is 12.5. The number of nitrogens with one attached hydrogen (secondary N) is 2. The van der Waals surface area contributed by atoms with Gasteiger partial charge in [-0.15, -0.1) is 23.7 Å². The second-order valence-corrected chi connectivity index (χ2v) is 6.81. The van der Waals surface area contributed by atoms with Crippen LogP contribution in [0.1, 0.15) is 13.8 Å². The smallest absolute Gasteiger partial charge is 0.387 e. The quantitative estimate of drug-likeness (QED) is 0.592. The zero-order chi connectivity index (χ0) is 20.0. The van der Waals surface area contributed by atoms with Gasteiger partial charge in [0.2, 0.25) is 11.8 Å². The van der Waals surface area contributed by atoms with Crippen LogP contribution in [0.5, 0.6) is 5.75 Å². The molecule has 2 rings (SSSR count). The Morgan fingerprint density at radius 2 is 1.96 bits per heavy atom. The molecule has 7 nitrogen and oxygen atoms in total. The number of carbonyl (C=O) groups excluding carboxylic acids is 2. The summed E-state index contributed by atoms with van der Waals surface area (Å²) in [5, 5.41) is 6.87. The molecule has 1 aromatic carbocycles. The molecular weight excluding hydrogens is 414 g/mol. The highest BCUT2D eigenvalue weighted by Gasteiger charge is 2.18. The summed E-state index contributed by atoms with van der Waals surface area (Å²) in [5.74, 6) is -0.953. The molecule has 0 aliphatic carbocycles. The first-order valence-corrected chi connectivity index (χ1v) is 8.98. The van der Waals surface area contributed by atoms with Gasteiger partial charge in [-0.1, -0.05) is 26.0 Å². The lowest BCUT2D eigenvalue weighted by molar-refractivity contribution is -0.125. The Balaban J connectivity index is 0.00000392. The summed E-state index contributed by atoms with van der Waals surface area (Å²) in [6, 6.07) is 5.54. The van der Waals surface area contributed by atoms with Gasteiger partial charge in [0.1, 0.15) is 5.75 Å². The number of halogens is 3. The van der Waals surface area contributed by atoms with Crippen molar-refractivity contribution in [1.82, 2.24) is 10.3 Å². The Morgan fingerprint density at radius 1 is 1.29 bits per heavy atom. The van der Waals surface area contributed by atoms with Crippen molar-refractivity contribution in [3.05, 3.63) is 29.6 Å². The molecule has 0 bridgehead atoms. The highest BCUT2D eigenvalue weighted by atomic mass is 35.5. The number of hydrogen-bond acceptors (Lipinski definition) is 6. The highest BCUT2D eigenvalue weighted by Crippen LogP contribution is 2.32. The van der Waals surface area contributed by atoms with Crippen LogP contribution in [0, 0.1) is 5.92 Å². The fourth-order valence-electron chi connectivity index (χ4n) is 2.08. The maximum atomic E-state index is 12.5. The molecule has 0 aliphatic heterocycles. The van der Waals surface area contributed by atoms with Crippen LogP contribution in [0.15, 0.2) is 29.6 Å². The molecule has 1 aromatic heterocycles. The van der Waals surface area contributed by atoms with Crippen molar-refractivity contribution >= 4 is 40.7 Å². The van der Waals surface area contributed by atoms with Crippen molar-refractivity contribution in [2.24, 2.45) is 11.7 Å². The molecule has 0 aliphatic rings. The molecule has 1 atom stereocenters. The van der Waals surface area contributed by atoms with Crippen LogP contribution in [0.25, 0.3) is 11.3 Å². The van der Waals surface area contributed by atoms with E-state index in [1.54, 1.807) is 37.4 Å². The Labute approximate surface area is 171 Å². The lowest BCUT2D eigenvalue weighted by Gasteiger charge is -2.14. The van der Waals surface area contributed by atoms with Gasteiger partial charge in [-0.05, 0) is 18.1 Å². The normalized spacial score (nSPS) is 11.7. The number of aromatic nitrogens is 1. The Bertz CT molecular complexity index is 804. The van der Waals surface area contributed by atoms with E-state index in [0.29, 0.717) is 11.3 Å². The van der Waals surface area contributed by atoms with E-state index in [2.05, 4.69) is 20.4 Å². The van der Waals surface area contributed by atoms with Crippen molar-refractivity contribution in [2.45, 2.75) is 26.5 Å². The highest BCUT2D eigenvalue weighted by molar-refractivity contribution is 7.14. The van der Waals surface area contributed by atoms with E-state index < -0.39 is 24.5 Å². The van der Waals surface area contributed by atoms with Gasteiger partial charge < -0.3 is 21.1 Å². The van der Waals surface area contributed by atoms with Gasteiger partial charge in [0.15, 0.2) is 5.13 Å². The van der Waals surface area contributed by atoms with E-state index in [1.807, 2.05) is 0 Å². The third kappa shape index (κ3) is 6.70. The van der Waals surface area contributed by atoms with Crippen LogP contribution in [0.2, 0.25) is 0 Å². The summed E-state index contributed by atoms with van der Waals surface area (Å²) >= 11 is 1.12. The molecule has 2 aromatic rings. The van der Waals surface area contributed by atoms with E-state index in [1.165, 1.54) is 6.07 Å². The first-order valence-electron chi connectivity index (χ1n) is 8.10. The molecule has 28 heavy (non-hydrogen) atoms. The minimum Gasteiger partial charge on any atom is -0.434 e. The minimum atomic E-state index is -2.95. The SMILES string of the molecule is CC(C)[C@H](N)C(=O)NCC(=O)Nc1nc(-c2ccccc2OC(F)F)cs1.Cl. The molecule has 0 radical (unpaired) electrons. The largest absolute Gasteiger partial charge is 0.434 e. The number of para-hydroxylation sites is 1. The van der Waals surface area contributed by atoms with Crippen LogP contribution in [0.3, 0.4) is 0 Å². The molecule has 11 heteroatoms. The Hall–Kier alpha value is -2.30. The summed E-state index contributed by atoms with van der Waals surface area (Å²) < 4.78 is 29.5. The topological polar surface area (TPSA) is 106 Å². The summed E-state index contributed by atoms with van der Waals surface area (Å²) in [5.41, 5.74) is 6.46. The predicted molar refractivity (Wildman–Crippen MR) is 106 cm³/mol. The van der Waals surface area contributed by atoms with Crippen molar-refractivity contribution in [3.8, 4) is 17.0 Å². The van der Waals surface area contributed by atoms with Gasteiger partial charge in [-0.2, -0.15) is 8.78 Å². The van der Waals surface area contributed by atoms with Gasteiger partial charge >= 0.3 is 6.61 Å². The monoisotopic (exact) mass is 434 g/mol. The van der Waals surface area contributed by atoms with Crippen molar-refractivity contribution < 1.29 is 23.1 Å². The number of amides is 2. The first-order chi connectivity index (χ1) is 12.8. The fraction of sp³-hybridized carbons (Fsp3) is 0.353. The molecule has 2 amide bonds. The number of carbonyl (C=O) groups is 2.